The van der Waals surface area contributed by atoms with E-state index in [0.717, 1.165) is 13.1 Å². The van der Waals surface area contributed by atoms with E-state index in [1.165, 1.54) is 0 Å². The summed E-state index contributed by atoms with van der Waals surface area (Å²) in [6.45, 7) is 4.41. The molecule has 1 heterocycles. The highest BCUT2D eigenvalue weighted by Gasteiger charge is 2.29. The lowest BCUT2D eigenvalue weighted by atomic mass is 10.1. The molecule has 19 heavy (non-hydrogen) atoms. The van der Waals surface area contributed by atoms with Crippen molar-refractivity contribution in [2.75, 3.05) is 33.9 Å². The molecule has 0 unspecified atom stereocenters. The number of hydrogen-bond donors (Lipinski definition) is 1. The highest BCUT2D eigenvalue weighted by molar-refractivity contribution is 5.97. The van der Waals surface area contributed by atoms with Crippen LogP contribution in [0.5, 0.6) is 11.5 Å². The van der Waals surface area contributed by atoms with Gasteiger partial charge < -0.3 is 19.7 Å². The van der Waals surface area contributed by atoms with Gasteiger partial charge in [0.2, 0.25) is 0 Å². The summed E-state index contributed by atoms with van der Waals surface area (Å²) in [7, 11) is 3.15. The van der Waals surface area contributed by atoms with E-state index in [1.54, 1.807) is 32.4 Å². The molecule has 1 aliphatic heterocycles. The molecule has 1 saturated heterocycles. The number of nitrogens with zero attached hydrogens (tertiary/aromatic N) is 1. The van der Waals surface area contributed by atoms with Gasteiger partial charge in [0, 0.05) is 25.7 Å². The van der Waals surface area contributed by atoms with E-state index in [0.29, 0.717) is 23.6 Å². The fourth-order valence-electron chi connectivity index (χ4n) is 2.19. The third kappa shape index (κ3) is 2.66. The average molecular weight is 264 g/mol. The third-order valence-corrected chi connectivity index (χ3v) is 3.44. The van der Waals surface area contributed by atoms with Gasteiger partial charge in [0.05, 0.1) is 25.8 Å². The highest BCUT2D eigenvalue weighted by atomic mass is 16.5. The molecule has 2 rings (SSSR count). The molecule has 1 aromatic rings. The third-order valence-electron chi connectivity index (χ3n) is 3.44. The summed E-state index contributed by atoms with van der Waals surface area (Å²) in [5, 5.41) is 3.18. The minimum Gasteiger partial charge on any atom is -0.497 e. The van der Waals surface area contributed by atoms with Crippen LogP contribution >= 0.6 is 0 Å². The number of carbonyl (C=O) groups excluding carboxylic acids is 1. The molecule has 5 nitrogen and oxygen atoms in total. The minimum absolute atomic E-state index is 0.00787. The Bertz CT molecular complexity index is 458. The van der Waals surface area contributed by atoms with Crippen molar-refractivity contribution in [1.82, 2.24) is 10.2 Å². The van der Waals surface area contributed by atoms with E-state index in [4.69, 9.17) is 9.47 Å². The summed E-state index contributed by atoms with van der Waals surface area (Å²) in [5.41, 5.74) is 0.581. The van der Waals surface area contributed by atoms with Gasteiger partial charge in [0.25, 0.3) is 5.91 Å². The molecular weight excluding hydrogens is 244 g/mol. The van der Waals surface area contributed by atoms with E-state index in [1.807, 2.05) is 11.8 Å². The largest absolute Gasteiger partial charge is 0.497 e. The molecule has 1 aliphatic rings. The van der Waals surface area contributed by atoms with Crippen LogP contribution in [-0.4, -0.2) is 50.7 Å². The van der Waals surface area contributed by atoms with Crippen molar-refractivity contribution in [3.63, 3.8) is 0 Å². The number of likely N-dealkylation sites (N-methyl/N-ethyl adjacent to an activating group) is 1. The van der Waals surface area contributed by atoms with Crippen LogP contribution in [0.25, 0.3) is 0 Å². The number of nitrogens with one attached hydrogen (secondary N) is 1. The number of methoxy groups -OCH3 is 2. The number of hydrogen-bond acceptors (Lipinski definition) is 4. The van der Waals surface area contributed by atoms with Crippen LogP contribution in [-0.2, 0) is 0 Å². The molecular formula is C14H20N2O3. The lowest BCUT2D eigenvalue weighted by Gasteiger charge is -2.37. The number of ether oxygens (including phenoxy) is 2. The van der Waals surface area contributed by atoms with Gasteiger partial charge in [0.15, 0.2) is 0 Å². The van der Waals surface area contributed by atoms with Crippen molar-refractivity contribution in [3.8, 4) is 11.5 Å². The second kappa shape index (κ2) is 5.93. The normalized spacial score (nSPS) is 14.7. The first-order valence-electron chi connectivity index (χ1n) is 6.45. The van der Waals surface area contributed by atoms with Gasteiger partial charge in [-0.05, 0) is 19.1 Å². The number of benzene rings is 1. The Morgan fingerprint density at radius 2 is 2.11 bits per heavy atom. The van der Waals surface area contributed by atoms with E-state index in [2.05, 4.69) is 5.32 Å². The Balaban J connectivity index is 2.26. The standard InChI is InChI=1S/C14H20N2O3/c1-4-16(10-8-15-9-10)14(17)12-6-5-11(18-2)7-13(12)19-3/h5-7,10,15H,4,8-9H2,1-3H3. The zero-order valence-electron chi connectivity index (χ0n) is 11.6. The predicted molar refractivity (Wildman–Crippen MR) is 72.9 cm³/mol. The zero-order chi connectivity index (χ0) is 13.8. The fraction of sp³-hybridized carbons (Fsp3) is 0.500. The van der Waals surface area contributed by atoms with Crippen LogP contribution in [0.1, 0.15) is 17.3 Å². The van der Waals surface area contributed by atoms with Crippen LogP contribution in [0, 0.1) is 0 Å². The van der Waals surface area contributed by atoms with E-state index in [-0.39, 0.29) is 11.9 Å². The number of carbonyl (C=O) groups is 1. The summed E-state index contributed by atoms with van der Waals surface area (Å²) in [6.07, 6.45) is 0. The van der Waals surface area contributed by atoms with Crippen LogP contribution in [0.4, 0.5) is 0 Å². The maximum atomic E-state index is 12.6. The van der Waals surface area contributed by atoms with Crippen LogP contribution in [0.3, 0.4) is 0 Å². The van der Waals surface area contributed by atoms with Crippen LogP contribution < -0.4 is 14.8 Å². The van der Waals surface area contributed by atoms with Crippen LogP contribution in [0.15, 0.2) is 18.2 Å². The quantitative estimate of drug-likeness (QED) is 0.866. The maximum Gasteiger partial charge on any atom is 0.257 e. The first-order chi connectivity index (χ1) is 9.21. The molecule has 1 amide bonds. The first-order valence-corrected chi connectivity index (χ1v) is 6.45. The topological polar surface area (TPSA) is 50.8 Å². The zero-order valence-corrected chi connectivity index (χ0v) is 11.6. The highest BCUT2D eigenvalue weighted by Crippen LogP contribution is 2.26. The molecule has 0 aliphatic carbocycles. The Kier molecular flexibility index (Phi) is 4.27. The van der Waals surface area contributed by atoms with Gasteiger partial charge >= 0.3 is 0 Å². The van der Waals surface area contributed by atoms with Gasteiger partial charge in [-0.3, -0.25) is 4.79 Å². The van der Waals surface area contributed by atoms with E-state index in [9.17, 15) is 4.79 Å². The smallest absolute Gasteiger partial charge is 0.257 e. The number of amides is 1. The van der Waals surface area contributed by atoms with Gasteiger partial charge in [-0.2, -0.15) is 0 Å². The second-order valence-electron chi connectivity index (χ2n) is 4.47. The Morgan fingerprint density at radius 1 is 1.37 bits per heavy atom. The van der Waals surface area contributed by atoms with Crippen molar-refractivity contribution in [2.45, 2.75) is 13.0 Å². The Labute approximate surface area is 113 Å². The van der Waals surface area contributed by atoms with Crippen molar-refractivity contribution in [2.24, 2.45) is 0 Å². The Hall–Kier alpha value is -1.75. The first kappa shape index (κ1) is 13.7. The lowest BCUT2D eigenvalue weighted by Crippen LogP contribution is -2.58. The molecule has 1 N–H and O–H groups in total. The molecule has 0 bridgehead atoms. The SMILES string of the molecule is CCN(C(=O)c1ccc(OC)cc1OC)C1CNC1. The van der Waals surface area contributed by atoms with Crippen molar-refractivity contribution in [3.05, 3.63) is 23.8 Å². The summed E-state index contributed by atoms with van der Waals surface area (Å²) < 4.78 is 10.4. The summed E-state index contributed by atoms with van der Waals surface area (Å²) in [5.74, 6) is 1.24. The molecule has 1 aromatic carbocycles. The maximum absolute atomic E-state index is 12.6. The van der Waals surface area contributed by atoms with Gasteiger partial charge in [-0.1, -0.05) is 0 Å². The van der Waals surface area contributed by atoms with Crippen LogP contribution in [0.2, 0.25) is 0 Å². The molecule has 0 radical (unpaired) electrons. The molecule has 1 fully saturated rings. The predicted octanol–water partition coefficient (Wildman–Crippen LogP) is 1.14. The summed E-state index contributed by atoms with van der Waals surface area (Å²) in [4.78, 5) is 14.4. The van der Waals surface area contributed by atoms with Crippen molar-refractivity contribution >= 4 is 5.91 Å². The molecule has 104 valence electrons. The average Bonchev–Trinajstić information content (AvgIpc) is 2.40. The van der Waals surface area contributed by atoms with Gasteiger partial charge in [-0.25, -0.2) is 0 Å². The van der Waals surface area contributed by atoms with Crippen molar-refractivity contribution in [1.29, 1.82) is 0 Å². The van der Waals surface area contributed by atoms with E-state index < -0.39 is 0 Å². The second-order valence-corrected chi connectivity index (χ2v) is 4.47. The Morgan fingerprint density at radius 3 is 2.58 bits per heavy atom. The minimum atomic E-state index is 0.00787. The van der Waals surface area contributed by atoms with Crippen molar-refractivity contribution < 1.29 is 14.3 Å². The monoisotopic (exact) mass is 264 g/mol. The summed E-state index contributed by atoms with van der Waals surface area (Å²) >= 11 is 0. The van der Waals surface area contributed by atoms with E-state index >= 15 is 0 Å². The molecule has 0 atom stereocenters. The fourth-order valence-corrected chi connectivity index (χ4v) is 2.19. The van der Waals surface area contributed by atoms with Gasteiger partial charge in [-0.15, -0.1) is 0 Å². The molecule has 0 spiro atoms. The molecule has 0 aromatic heterocycles. The summed E-state index contributed by atoms with van der Waals surface area (Å²) in [6, 6.07) is 5.56. The lowest BCUT2D eigenvalue weighted by molar-refractivity contribution is 0.0627. The van der Waals surface area contributed by atoms with Gasteiger partial charge in [0.1, 0.15) is 11.5 Å². The number of rotatable bonds is 5. The molecule has 0 saturated carbocycles. The molecule has 5 heteroatoms.